The molecule has 4 heterocycles. The standard InChI is InChI=1S/C17H20N6OS/c24-17-3-2-16(22-7-1-6-18-22)20-23(17)12-14-4-8-21(9-5-14)11-15-10-19-25-13-15/h1-3,6-7,10,13-14H,4-5,8-9,11-12H2. The van der Waals surface area contributed by atoms with E-state index in [1.165, 1.54) is 17.1 Å². The smallest absolute Gasteiger partial charge is 0.266 e. The van der Waals surface area contributed by atoms with Crippen molar-refractivity contribution in [2.24, 2.45) is 5.92 Å². The van der Waals surface area contributed by atoms with E-state index in [1.54, 1.807) is 27.7 Å². The molecule has 0 unspecified atom stereocenters. The normalized spacial score (nSPS) is 16.3. The summed E-state index contributed by atoms with van der Waals surface area (Å²) in [5.74, 6) is 1.15. The summed E-state index contributed by atoms with van der Waals surface area (Å²) in [5.41, 5.74) is 1.23. The van der Waals surface area contributed by atoms with Gasteiger partial charge in [0.1, 0.15) is 0 Å². The summed E-state index contributed by atoms with van der Waals surface area (Å²) in [6.07, 6.45) is 7.64. The van der Waals surface area contributed by atoms with Gasteiger partial charge in [-0.15, -0.1) is 5.10 Å². The van der Waals surface area contributed by atoms with Gasteiger partial charge in [0.2, 0.25) is 0 Å². The van der Waals surface area contributed by atoms with Crippen molar-refractivity contribution in [3.63, 3.8) is 0 Å². The highest BCUT2D eigenvalue weighted by atomic mass is 32.1. The Morgan fingerprint density at radius 2 is 2.12 bits per heavy atom. The highest BCUT2D eigenvalue weighted by Crippen LogP contribution is 2.20. The van der Waals surface area contributed by atoms with E-state index >= 15 is 0 Å². The van der Waals surface area contributed by atoms with E-state index in [-0.39, 0.29) is 5.56 Å². The van der Waals surface area contributed by atoms with Gasteiger partial charge < -0.3 is 0 Å². The Balaban J connectivity index is 1.38. The molecule has 1 aliphatic heterocycles. The highest BCUT2D eigenvalue weighted by Gasteiger charge is 2.20. The zero-order valence-electron chi connectivity index (χ0n) is 13.9. The Hall–Kier alpha value is -2.32. The van der Waals surface area contributed by atoms with Crippen LogP contribution in [-0.4, -0.2) is 41.9 Å². The Morgan fingerprint density at radius 3 is 2.84 bits per heavy atom. The van der Waals surface area contributed by atoms with E-state index in [0.717, 1.165) is 32.5 Å². The molecule has 130 valence electrons. The third-order valence-electron chi connectivity index (χ3n) is 4.62. The van der Waals surface area contributed by atoms with Gasteiger partial charge in [0.05, 0.1) is 0 Å². The monoisotopic (exact) mass is 356 g/mol. The SMILES string of the molecule is O=c1ccc(-n2cccn2)nn1CC1CCN(Cc2cnsc2)CC1. The van der Waals surface area contributed by atoms with Crippen LogP contribution in [0, 0.1) is 5.92 Å². The van der Waals surface area contributed by atoms with Gasteiger partial charge in [0.15, 0.2) is 5.82 Å². The molecule has 0 radical (unpaired) electrons. The molecule has 0 N–H and O–H groups in total. The second-order valence-corrected chi connectivity index (χ2v) is 7.07. The summed E-state index contributed by atoms with van der Waals surface area (Å²) in [5, 5.41) is 10.8. The summed E-state index contributed by atoms with van der Waals surface area (Å²) in [6, 6.07) is 5.13. The van der Waals surface area contributed by atoms with Crippen molar-refractivity contribution < 1.29 is 0 Å². The molecule has 3 aromatic rings. The molecule has 1 saturated heterocycles. The third kappa shape index (κ3) is 3.85. The van der Waals surface area contributed by atoms with Crippen LogP contribution in [-0.2, 0) is 13.1 Å². The van der Waals surface area contributed by atoms with Crippen LogP contribution in [0.3, 0.4) is 0 Å². The number of aromatic nitrogens is 5. The molecular formula is C17H20N6OS. The van der Waals surface area contributed by atoms with Crippen LogP contribution in [0.4, 0.5) is 0 Å². The van der Waals surface area contributed by atoms with Crippen LogP contribution >= 0.6 is 11.5 Å². The fraction of sp³-hybridized carbons (Fsp3) is 0.412. The summed E-state index contributed by atoms with van der Waals surface area (Å²) in [7, 11) is 0. The molecular weight excluding hydrogens is 336 g/mol. The fourth-order valence-corrected chi connectivity index (χ4v) is 3.76. The minimum Gasteiger partial charge on any atom is -0.299 e. The van der Waals surface area contributed by atoms with E-state index in [0.29, 0.717) is 18.3 Å². The van der Waals surface area contributed by atoms with Crippen molar-refractivity contribution in [2.75, 3.05) is 13.1 Å². The molecule has 1 aliphatic rings. The average Bonchev–Trinajstić information content (AvgIpc) is 3.32. The van der Waals surface area contributed by atoms with Crippen molar-refractivity contribution in [1.29, 1.82) is 0 Å². The van der Waals surface area contributed by atoms with Gasteiger partial charge in [-0.05, 0) is 61.1 Å². The van der Waals surface area contributed by atoms with Crippen molar-refractivity contribution in [1.82, 2.24) is 28.8 Å². The lowest BCUT2D eigenvalue weighted by atomic mass is 9.96. The predicted molar refractivity (Wildman–Crippen MR) is 95.7 cm³/mol. The van der Waals surface area contributed by atoms with E-state index in [2.05, 4.69) is 24.9 Å². The van der Waals surface area contributed by atoms with Crippen LogP contribution in [0.2, 0.25) is 0 Å². The largest absolute Gasteiger partial charge is 0.299 e. The molecule has 0 amide bonds. The fourth-order valence-electron chi connectivity index (χ4n) is 3.23. The second kappa shape index (κ2) is 7.28. The minimum absolute atomic E-state index is 0.0531. The van der Waals surface area contributed by atoms with Crippen molar-refractivity contribution in [3.8, 4) is 5.82 Å². The summed E-state index contributed by atoms with van der Waals surface area (Å²) in [4.78, 5) is 14.6. The van der Waals surface area contributed by atoms with Crippen LogP contribution in [0.15, 0.2) is 47.0 Å². The van der Waals surface area contributed by atoms with E-state index < -0.39 is 0 Å². The molecule has 3 aromatic heterocycles. The first kappa shape index (κ1) is 16.2. The first-order valence-corrected chi connectivity index (χ1v) is 9.30. The highest BCUT2D eigenvalue weighted by molar-refractivity contribution is 7.03. The first-order valence-electron chi connectivity index (χ1n) is 8.47. The number of piperidine rings is 1. The third-order valence-corrected chi connectivity index (χ3v) is 5.25. The van der Waals surface area contributed by atoms with Crippen LogP contribution < -0.4 is 5.56 Å². The minimum atomic E-state index is -0.0531. The molecule has 1 fully saturated rings. The van der Waals surface area contributed by atoms with Gasteiger partial charge in [0, 0.05) is 43.1 Å². The molecule has 7 nitrogen and oxygen atoms in total. The van der Waals surface area contributed by atoms with E-state index in [9.17, 15) is 4.79 Å². The molecule has 0 aromatic carbocycles. The lowest BCUT2D eigenvalue weighted by molar-refractivity contribution is 0.163. The zero-order valence-corrected chi connectivity index (χ0v) is 14.7. The lowest BCUT2D eigenvalue weighted by Gasteiger charge is -2.31. The first-order chi connectivity index (χ1) is 12.3. The summed E-state index contributed by atoms with van der Waals surface area (Å²) >= 11 is 1.50. The summed E-state index contributed by atoms with van der Waals surface area (Å²) in [6.45, 7) is 3.74. The van der Waals surface area contributed by atoms with Gasteiger partial charge in [-0.1, -0.05) is 0 Å². The molecule has 0 spiro atoms. The maximum Gasteiger partial charge on any atom is 0.266 e. The Bertz CT molecular complexity index is 850. The number of nitrogens with zero attached hydrogens (tertiary/aromatic N) is 6. The van der Waals surface area contributed by atoms with Crippen molar-refractivity contribution in [2.45, 2.75) is 25.9 Å². The maximum atomic E-state index is 12.1. The van der Waals surface area contributed by atoms with Gasteiger partial charge in [-0.3, -0.25) is 9.69 Å². The van der Waals surface area contributed by atoms with Crippen LogP contribution in [0.25, 0.3) is 5.82 Å². The number of rotatable bonds is 5. The number of likely N-dealkylation sites (tertiary alicyclic amines) is 1. The molecule has 0 saturated carbocycles. The van der Waals surface area contributed by atoms with Crippen LogP contribution in [0.1, 0.15) is 18.4 Å². The zero-order chi connectivity index (χ0) is 17.1. The molecule has 0 atom stereocenters. The quantitative estimate of drug-likeness (QED) is 0.697. The van der Waals surface area contributed by atoms with Gasteiger partial charge in [-0.2, -0.15) is 5.10 Å². The number of hydrogen-bond donors (Lipinski definition) is 0. The van der Waals surface area contributed by atoms with Crippen molar-refractivity contribution >= 4 is 11.5 Å². The lowest BCUT2D eigenvalue weighted by Crippen LogP contribution is -2.36. The topological polar surface area (TPSA) is 68.8 Å². The molecule has 8 heteroatoms. The maximum absolute atomic E-state index is 12.1. The van der Waals surface area contributed by atoms with Gasteiger partial charge >= 0.3 is 0 Å². The van der Waals surface area contributed by atoms with E-state index in [1.807, 2.05) is 18.5 Å². The van der Waals surface area contributed by atoms with E-state index in [4.69, 9.17) is 0 Å². The summed E-state index contributed by atoms with van der Waals surface area (Å²) < 4.78 is 7.42. The van der Waals surface area contributed by atoms with Gasteiger partial charge in [-0.25, -0.2) is 13.7 Å². The number of hydrogen-bond acceptors (Lipinski definition) is 6. The molecule has 25 heavy (non-hydrogen) atoms. The molecule has 0 aliphatic carbocycles. The van der Waals surface area contributed by atoms with Crippen LogP contribution in [0.5, 0.6) is 0 Å². The second-order valence-electron chi connectivity index (χ2n) is 6.41. The van der Waals surface area contributed by atoms with Crippen molar-refractivity contribution in [3.05, 3.63) is 58.1 Å². The Kier molecular flexibility index (Phi) is 4.71. The molecule has 4 rings (SSSR count). The predicted octanol–water partition coefficient (Wildman–Crippen LogP) is 1.80. The average molecular weight is 356 g/mol. The van der Waals surface area contributed by atoms with Gasteiger partial charge in [0.25, 0.3) is 5.56 Å². The Morgan fingerprint density at radius 1 is 1.24 bits per heavy atom. The Labute approximate surface area is 149 Å². The molecule has 0 bridgehead atoms.